The molecule has 3 N–H and O–H groups in total. The molecule has 2 aromatic rings. The Morgan fingerprint density at radius 3 is 2.03 bits per heavy atom. The van der Waals surface area contributed by atoms with Gasteiger partial charge in [0, 0.05) is 12.5 Å². The van der Waals surface area contributed by atoms with Crippen molar-refractivity contribution in [1.82, 2.24) is 10.6 Å². The number of benzene rings is 2. The molecule has 0 unspecified atom stereocenters. The van der Waals surface area contributed by atoms with Crippen LogP contribution in [0.4, 0.5) is 4.79 Å². The van der Waals surface area contributed by atoms with Crippen LogP contribution in [0.15, 0.2) is 48.5 Å². The number of hydrogen-bond donors (Lipinski definition) is 3. The van der Waals surface area contributed by atoms with E-state index < -0.39 is 29.4 Å². The highest BCUT2D eigenvalue weighted by Gasteiger charge is 2.34. The fraction of sp³-hybridized carbons (Fsp3) is 0.400. The van der Waals surface area contributed by atoms with E-state index in [1.165, 1.54) is 0 Å². The fourth-order valence-electron chi connectivity index (χ4n) is 3.87. The van der Waals surface area contributed by atoms with Gasteiger partial charge >= 0.3 is 12.1 Å². The smallest absolute Gasteiger partial charge is 0.407 e. The van der Waals surface area contributed by atoms with Gasteiger partial charge in [0.15, 0.2) is 0 Å². The first-order valence-electron chi connectivity index (χ1n) is 10.7. The van der Waals surface area contributed by atoms with Gasteiger partial charge < -0.3 is 20.5 Å². The Kier molecular flexibility index (Phi) is 6.87. The molecule has 0 aliphatic heterocycles. The number of carbonyl (C=O) groups excluding carboxylic acids is 2. The number of amides is 2. The number of rotatable bonds is 8. The summed E-state index contributed by atoms with van der Waals surface area (Å²) in [4.78, 5) is 36.3. The maximum Gasteiger partial charge on any atom is 0.407 e. The lowest BCUT2D eigenvalue weighted by atomic mass is 9.91. The van der Waals surface area contributed by atoms with Crippen molar-refractivity contribution in [3.05, 3.63) is 59.7 Å². The zero-order chi connectivity index (χ0) is 23.5. The molecule has 1 aliphatic rings. The lowest BCUT2D eigenvalue weighted by Gasteiger charge is -2.27. The van der Waals surface area contributed by atoms with Crippen LogP contribution in [0.1, 0.15) is 44.7 Å². The zero-order valence-electron chi connectivity index (χ0n) is 18.8. The molecular formula is C25H30N2O5. The molecule has 32 heavy (non-hydrogen) atoms. The Balaban J connectivity index is 1.57. The predicted molar refractivity (Wildman–Crippen MR) is 121 cm³/mol. The Morgan fingerprint density at radius 1 is 1.00 bits per heavy atom. The predicted octanol–water partition coefficient (Wildman–Crippen LogP) is 3.78. The highest BCUT2D eigenvalue weighted by atomic mass is 16.5. The first kappa shape index (κ1) is 23.3. The summed E-state index contributed by atoms with van der Waals surface area (Å²) in [6, 6.07) is 15.2. The van der Waals surface area contributed by atoms with Crippen LogP contribution in [0.2, 0.25) is 0 Å². The Morgan fingerprint density at radius 2 is 1.53 bits per heavy atom. The highest BCUT2D eigenvalue weighted by Crippen LogP contribution is 2.44. The van der Waals surface area contributed by atoms with Crippen LogP contribution in [0.3, 0.4) is 0 Å². The molecule has 0 spiro atoms. The van der Waals surface area contributed by atoms with Gasteiger partial charge in [-0.3, -0.25) is 4.79 Å². The summed E-state index contributed by atoms with van der Waals surface area (Å²) in [6.45, 7) is 6.93. The molecule has 0 heterocycles. The number of fused-ring (bicyclic) bond motifs is 3. The lowest BCUT2D eigenvalue weighted by molar-refractivity contribution is -0.144. The van der Waals surface area contributed by atoms with Crippen LogP contribution in [0, 0.1) is 11.3 Å². The summed E-state index contributed by atoms with van der Waals surface area (Å²) >= 11 is 0. The van der Waals surface area contributed by atoms with E-state index >= 15 is 0 Å². The largest absolute Gasteiger partial charge is 0.480 e. The van der Waals surface area contributed by atoms with Gasteiger partial charge in [-0.2, -0.15) is 0 Å². The number of aliphatic carboxylic acids is 1. The molecule has 170 valence electrons. The van der Waals surface area contributed by atoms with Gasteiger partial charge in [-0.25, -0.2) is 9.59 Å². The second-order valence-electron chi connectivity index (χ2n) is 9.10. The normalized spacial score (nSPS) is 13.8. The van der Waals surface area contributed by atoms with Crippen LogP contribution in [-0.4, -0.2) is 42.3 Å². The van der Waals surface area contributed by atoms with Crippen molar-refractivity contribution in [2.24, 2.45) is 11.3 Å². The van der Waals surface area contributed by atoms with E-state index in [4.69, 9.17) is 4.74 Å². The summed E-state index contributed by atoms with van der Waals surface area (Å²) < 4.78 is 5.50. The molecule has 2 amide bonds. The van der Waals surface area contributed by atoms with E-state index in [0.29, 0.717) is 0 Å². The zero-order valence-corrected chi connectivity index (χ0v) is 18.8. The van der Waals surface area contributed by atoms with Crippen molar-refractivity contribution in [2.45, 2.75) is 39.7 Å². The summed E-state index contributed by atoms with van der Waals surface area (Å²) in [6.07, 6.45) is -0.619. The van der Waals surface area contributed by atoms with Crippen molar-refractivity contribution in [3.8, 4) is 11.1 Å². The first-order valence-corrected chi connectivity index (χ1v) is 10.7. The molecule has 2 aromatic carbocycles. The lowest BCUT2D eigenvalue weighted by Crippen LogP contribution is -2.52. The van der Waals surface area contributed by atoms with Crippen LogP contribution in [0.5, 0.6) is 0 Å². The molecule has 7 heteroatoms. The van der Waals surface area contributed by atoms with Crippen LogP contribution < -0.4 is 10.6 Å². The minimum absolute atomic E-state index is 0.0138. The maximum atomic E-state index is 12.6. The fourth-order valence-corrected chi connectivity index (χ4v) is 3.87. The third kappa shape index (κ3) is 4.93. The second kappa shape index (κ2) is 9.42. The average Bonchev–Trinajstić information content (AvgIpc) is 3.07. The topological polar surface area (TPSA) is 105 Å². The SMILES string of the molecule is CC(C)[C@@H](NC(=O)C(C)(C)CNC(=O)OCC1c2ccccc2-c2ccccc21)C(=O)O. The van der Waals surface area contributed by atoms with E-state index in [1.807, 2.05) is 36.4 Å². The van der Waals surface area contributed by atoms with E-state index in [-0.39, 0.29) is 25.0 Å². The van der Waals surface area contributed by atoms with E-state index in [9.17, 15) is 19.5 Å². The van der Waals surface area contributed by atoms with Gasteiger partial charge in [-0.1, -0.05) is 62.4 Å². The summed E-state index contributed by atoms with van der Waals surface area (Å²) in [7, 11) is 0. The van der Waals surface area contributed by atoms with E-state index in [2.05, 4.69) is 22.8 Å². The number of carboxylic acids is 1. The van der Waals surface area contributed by atoms with Crippen molar-refractivity contribution in [3.63, 3.8) is 0 Å². The third-order valence-electron chi connectivity index (χ3n) is 5.85. The Labute approximate surface area is 188 Å². The molecule has 0 radical (unpaired) electrons. The number of carboxylic acid groups (broad SMARTS) is 1. The van der Waals surface area contributed by atoms with Gasteiger partial charge in [0.05, 0.1) is 5.41 Å². The number of nitrogens with one attached hydrogen (secondary N) is 2. The standard InChI is InChI=1S/C25H30N2O5/c1-15(2)21(22(28)29)27-23(30)25(3,4)14-26-24(31)32-13-20-18-11-7-5-9-16(18)17-10-6-8-12-19(17)20/h5-12,15,20-21H,13-14H2,1-4H3,(H,26,31)(H,27,30)(H,28,29)/t21-/m1/s1. The second-order valence-corrected chi connectivity index (χ2v) is 9.10. The number of ether oxygens (including phenoxy) is 1. The molecule has 0 aromatic heterocycles. The molecule has 0 bridgehead atoms. The minimum Gasteiger partial charge on any atom is -0.480 e. The molecular weight excluding hydrogens is 408 g/mol. The van der Waals surface area contributed by atoms with Crippen molar-refractivity contribution in [2.75, 3.05) is 13.2 Å². The van der Waals surface area contributed by atoms with Gasteiger partial charge in [0.25, 0.3) is 0 Å². The summed E-state index contributed by atoms with van der Waals surface area (Å²) in [5.41, 5.74) is 3.53. The Bertz CT molecular complexity index is 969. The average molecular weight is 439 g/mol. The first-order chi connectivity index (χ1) is 15.1. The maximum absolute atomic E-state index is 12.6. The number of carbonyl (C=O) groups is 3. The molecule has 3 rings (SSSR count). The van der Waals surface area contributed by atoms with Gasteiger partial charge in [0.1, 0.15) is 12.6 Å². The highest BCUT2D eigenvalue weighted by molar-refractivity contribution is 5.87. The van der Waals surface area contributed by atoms with Gasteiger partial charge in [0.2, 0.25) is 5.91 Å². The quantitative estimate of drug-likeness (QED) is 0.582. The molecule has 0 saturated carbocycles. The van der Waals surface area contributed by atoms with Crippen molar-refractivity contribution < 1.29 is 24.2 Å². The molecule has 1 aliphatic carbocycles. The molecule has 7 nitrogen and oxygen atoms in total. The van der Waals surface area contributed by atoms with Crippen LogP contribution in [0.25, 0.3) is 11.1 Å². The van der Waals surface area contributed by atoms with Crippen molar-refractivity contribution in [1.29, 1.82) is 0 Å². The van der Waals surface area contributed by atoms with Gasteiger partial charge in [-0.15, -0.1) is 0 Å². The van der Waals surface area contributed by atoms with Gasteiger partial charge in [-0.05, 0) is 42.0 Å². The summed E-state index contributed by atoms with van der Waals surface area (Å²) in [5.74, 6) is -1.85. The number of hydrogen-bond acceptors (Lipinski definition) is 4. The van der Waals surface area contributed by atoms with E-state index in [1.54, 1.807) is 27.7 Å². The number of alkyl carbamates (subject to hydrolysis) is 1. The minimum atomic E-state index is -1.09. The van der Waals surface area contributed by atoms with E-state index in [0.717, 1.165) is 22.3 Å². The molecule has 0 saturated heterocycles. The molecule has 0 fully saturated rings. The summed E-state index contributed by atoms with van der Waals surface area (Å²) in [5, 5.41) is 14.5. The van der Waals surface area contributed by atoms with Crippen molar-refractivity contribution >= 4 is 18.0 Å². The monoisotopic (exact) mass is 438 g/mol. The van der Waals surface area contributed by atoms with Crippen LogP contribution in [-0.2, 0) is 14.3 Å². The molecule has 1 atom stereocenters. The Hall–Kier alpha value is -3.35. The van der Waals surface area contributed by atoms with Crippen LogP contribution >= 0.6 is 0 Å². The third-order valence-corrected chi connectivity index (χ3v) is 5.85.